The van der Waals surface area contributed by atoms with Crippen LogP contribution in [0.3, 0.4) is 0 Å². The quantitative estimate of drug-likeness (QED) is 0.369. The van der Waals surface area contributed by atoms with E-state index in [1.165, 1.54) is 23.1 Å². The van der Waals surface area contributed by atoms with Crippen molar-refractivity contribution < 1.29 is 19.3 Å². The number of likely N-dealkylation sites (N-methyl/N-ethyl adjacent to an activating group) is 1. The van der Waals surface area contributed by atoms with E-state index >= 15 is 0 Å². The largest absolute Gasteiger partial charge is 0.311 e. The zero-order valence-corrected chi connectivity index (χ0v) is 16.1. The maximum Gasteiger partial charge on any atom is 0.282 e. The van der Waals surface area contributed by atoms with Gasteiger partial charge in [-0.15, -0.1) is 0 Å². The Bertz CT molecular complexity index is 1220. The Labute approximate surface area is 171 Å². The fourth-order valence-corrected chi connectivity index (χ4v) is 3.76. The molecule has 0 unspecified atom stereocenters. The second-order valence-corrected chi connectivity index (χ2v) is 6.79. The van der Waals surface area contributed by atoms with Crippen molar-refractivity contribution >= 4 is 39.9 Å². The maximum atomic E-state index is 13.1. The molecule has 0 N–H and O–H groups in total. The lowest BCUT2D eigenvalue weighted by atomic mass is 10.1. The number of benzene rings is 3. The normalized spacial score (nSPS) is 12.9. The number of imide groups is 1. The number of carbonyl (C=O) groups excluding carboxylic acids is 3. The first-order valence-electron chi connectivity index (χ1n) is 9.35. The van der Waals surface area contributed by atoms with Gasteiger partial charge in [0.2, 0.25) is 5.91 Å². The summed E-state index contributed by atoms with van der Waals surface area (Å²) in [4.78, 5) is 51.3. The number of hydrogen-bond donors (Lipinski definition) is 0. The molecule has 8 heteroatoms. The van der Waals surface area contributed by atoms with Gasteiger partial charge in [0.25, 0.3) is 17.5 Å². The first-order chi connectivity index (χ1) is 14.4. The Morgan fingerprint density at radius 2 is 1.70 bits per heavy atom. The molecule has 1 heterocycles. The first-order valence-corrected chi connectivity index (χ1v) is 9.35. The van der Waals surface area contributed by atoms with E-state index in [1.54, 1.807) is 13.0 Å². The lowest BCUT2D eigenvalue weighted by Gasteiger charge is -2.25. The third kappa shape index (κ3) is 2.98. The first kappa shape index (κ1) is 19.3. The highest BCUT2D eigenvalue weighted by molar-refractivity contribution is 6.24. The number of rotatable bonds is 5. The van der Waals surface area contributed by atoms with Crippen LogP contribution in [0.2, 0.25) is 0 Å². The average Bonchev–Trinajstić information content (AvgIpc) is 2.99. The molecule has 1 aliphatic rings. The van der Waals surface area contributed by atoms with Crippen LogP contribution in [-0.4, -0.2) is 40.6 Å². The Morgan fingerprint density at radius 1 is 1.00 bits per heavy atom. The van der Waals surface area contributed by atoms with Gasteiger partial charge in [0, 0.05) is 18.0 Å². The molecule has 0 atom stereocenters. The molecule has 8 nitrogen and oxygen atoms in total. The summed E-state index contributed by atoms with van der Waals surface area (Å²) in [6.07, 6.45) is 0. The molecule has 0 bridgehead atoms. The minimum absolute atomic E-state index is 0.0600. The van der Waals surface area contributed by atoms with Crippen LogP contribution >= 0.6 is 0 Å². The molecule has 0 fully saturated rings. The minimum atomic E-state index is -0.829. The van der Waals surface area contributed by atoms with E-state index in [0.717, 1.165) is 15.7 Å². The van der Waals surface area contributed by atoms with Gasteiger partial charge in [-0.05, 0) is 24.4 Å². The predicted octanol–water partition coefficient (Wildman–Crippen LogP) is 3.40. The van der Waals surface area contributed by atoms with Gasteiger partial charge < -0.3 is 4.90 Å². The van der Waals surface area contributed by atoms with Crippen molar-refractivity contribution in [1.82, 2.24) is 4.90 Å². The van der Waals surface area contributed by atoms with Crippen LogP contribution in [0, 0.1) is 10.1 Å². The molecular weight excluding hydrogens is 386 g/mol. The van der Waals surface area contributed by atoms with Crippen LogP contribution in [0.25, 0.3) is 10.8 Å². The summed E-state index contributed by atoms with van der Waals surface area (Å²) in [7, 11) is 0. The topological polar surface area (TPSA) is 101 Å². The van der Waals surface area contributed by atoms with Crippen LogP contribution in [0.5, 0.6) is 0 Å². The maximum absolute atomic E-state index is 13.1. The summed E-state index contributed by atoms with van der Waals surface area (Å²) in [6, 6.07) is 17.0. The average molecular weight is 403 g/mol. The molecular formula is C22H17N3O5. The number of hydrogen-bond acceptors (Lipinski definition) is 5. The van der Waals surface area contributed by atoms with Gasteiger partial charge in [-0.3, -0.25) is 29.4 Å². The van der Waals surface area contributed by atoms with Crippen LogP contribution in [0.4, 0.5) is 11.4 Å². The Hall–Kier alpha value is -4.07. The number of fused-ring (bicyclic) bond motifs is 2. The highest BCUT2D eigenvalue weighted by Crippen LogP contribution is 2.31. The molecule has 1 aliphatic heterocycles. The van der Waals surface area contributed by atoms with Gasteiger partial charge in [-0.1, -0.05) is 42.5 Å². The van der Waals surface area contributed by atoms with Crippen LogP contribution < -0.4 is 4.90 Å². The number of nitro benzene ring substituents is 1. The zero-order valence-electron chi connectivity index (χ0n) is 16.1. The van der Waals surface area contributed by atoms with E-state index < -0.39 is 34.9 Å². The lowest BCUT2D eigenvalue weighted by molar-refractivity contribution is -0.385. The number of nitro groups is 1. The van der Waals surface area contributed by atoms with Crippen molar-refractivity contribution in [1.29, 1.82) is 0 Å². The Kier molecular flexibility index (Phi) is 4.75. The van der Waals surface area contributed by atoms with E-state index in [2.05, 4.69) is 0 Å². The molecule has 4 rings (SSSR count). The Balaban J connectivity index is 1.66. The van der Waals surface area contributed by atoms with Crippen molar-refractivity contribution in [3.8, 4) is 0 Å². The molecule has 3 amide bonds. The van der Waals surface area contributed by atoms with E-state index in [-0.39, 0.29) is 11.1 Å². The molecule has 150 valence electrons. The van der Waals surface area contributed by atoms with E-state index in [9.17, 15) is 24.5 Å². The van der Waals surface area contributed by atoms with Gasteiger partial charge in [0.15, 0.2) is 0 Å². The fraction of sp³-hybridized carbons (Fsp3) is 0.136. The minimum Gasteiger partial charge on any atom is -0.311 e. The third-order valence-electron chi connectivity index (χ3n) is 5.14. The van der Waals surface area contributed by atoms with Crippen molar-refractivity contribution in [3.63, 3.8) is 0 Å². The van der Waals surface area contributed by atoms with Gasteiger partial charge in [-0.25, -0.2) is 0 Å². The highest BCUT2D eigenvalue weighted by atomic mass is 16.6. The van der Waals surface area contributed by atoms with Gasteiger partial charge >= 0.3 is 0 Å². The summed E-state index contributed by atoms with van der Waals surface area (Å²) in [5.74, 6) is -1.99. The second kappa shape index (κ2) is 7.40. The predicted molar refractivity (Wildman–Crippen MR) is 110 cm³/mol. The lowest BCUT2D eigenvalue weighted by Crippen LogP contribution is -2.43. The number of carbonyl (C=O) groups is 3. The molecule has 0 aliphatic carbocycles. The van der Waals surface area contributed by atoms with E-state index in [1.807, 2.05) is 36.4 Å². The highest BCUT2D eigenvalue weighted by Gasteiger charge is 2.42. The number of anilines is 1. The monoisotopic (exact) mass is 403 g/mol. The summed E-state index contributed by atoms with van der Waals surface area (Å²) in [5, 5.41) is 13.1. The zero-order chi connectivity index (χ0) is 21.4. The van der Waals surface area contributed by atoms with E-state index in [4.69, 9.17) is 0 Å². The fourth-order valence-electron chi connectivity index (χ4n) is 3.76. The van der Waals surface area contributed by atoms with Gasteiger partial charge in [0.1, 0.15) is 12.1 Å². The second-order valence-electron chi connectivity index (χ2n) is 6.79. The number of amides is 3. The molecule has 0 saturated carbocycles. The Morgan fingerprint density at radius 3 is 2.43 bits per heavy atom. The smallest absolute Gasteiger partial charge is 0.282 e. The molecule has 30 heavy (non-hydrogen) atoms. The standard InChI is InChI=1S/C22H17N3O5/c1-2-23(17-11-5-8-14-7-3-4-9-15(14)17)19(26)13-24-21(27)16-10-6-12-18(25(29)30)20(16)22(24)28/h3-12H,2,13H2,1H3. The van der Waals surface area contributed by atoms with Crippen molar-refractivity contribution in [3.05, 3.63) is 81.9 Å². The molecule has 0 spiro atoms. The van der Waals surface area contributed by atoms with E-state index in [0.29, 0.717) is 12.2 Å². The summed E-state index contributed by atoms with van der Waals surface area (Å²) in [6.45, 7) is 1.63. The van der Waals surface area contributed by atoms with Crippen LogP contribution in [0.15, 0.2) is 60.7 Å². The third-order valence-corrected chi connectivity index (χ3v) is 5.14. The van der Waals surface area contributed by atoms with Gasteiger partial charge in [-0.2, -0.15) is 0 Å². The van der Waals surface area contributed by atoms with Gasteiger partial charge in [0.05, 0.1) is 16.2 Å². The van der Waals surface area contributed by atoms with Crippen molar-refractivity contribution in [2.75, 3.05) is 18.0 Å². The number of nitrogens with zero attached hydrogens (tertiary/aromatic N) is 3. The summed E-state index contributed by atoms with van der Waals surface area (Å²) in [5.41, 5.74) is -0.103. The molecule has 3 aromatic rings. The summed E-state index contributed by atoms with van der Waals surface area (Å²) >= 11 is 0. The SMILES string of the molecule is CCN(C(=O)CN1C(=O)c2cccc([N+](=O)[O-])c2C1=O)c1cccc2ccccc12. The molecule has 3 aromatic carbocycles. The molecule has 0 saturated heterocycles. The van der Waals surface area contributed by atoms with Crippen LogP contribution in [0.1, 0.15) is 27.6 Å². The van der Waals surface area contributed by atoms with Crippen molar-refractivity contribution in [2.24, 2.45) is 0 Å². The molecule has 0 radical (unpaired) electrons. The summed E-state index contributed by atoms with van der Waals surface area (Å²) < 4.78 is 0. The molecule has 0 aromatic heterocycles. The van der Waals surface area contributed by atoms with Crippen molar-refractivity contribution in [2.45, 2.75) is 6.92 Å². The van der Waals surface area contributed by atoms with Crippen LogP contribution in [-0.2, 0) is 4.79 Å².